The van der Waals surface area contributed by atoms with Gasteiger partial charge in [0.05, 0.1) is 12.7 Å². The van der Waals surface area contributed by atoms with Crippen molar-refractivity contribution in [2.45, 2.75) is 11.8 Å². The first-order chi connectivity index (χ1) is 6.97. The van der Waals surface area contributed by atoms with Gasteiger partial charge in [0.2, 0.25) is 0 Å². The van der Waals surface area contributed by atoms with Crippen molar-refractivity contribution >= 4 is 24.6 Å². The summed E-state index contributed by atoms with van der Waals surface area (Å²) in [6.07, 6.45) is 0. The van der Waals surface area contributed by atoms with Crippen LogP contribution in [-0.4, -0.2) is 24.2 Å². The predicted octanol–water partition coefficient (Wildman–Crippen LogP) is 1.85. The van der Waals surface area contributed by atoms with Crippen molar-refractivity contribution in [3.63, 3.8) is 0 Å². The number of esters is 1. The third-order valence-electron chi connectivity index (χ3n) is 1.29. The van der Waals surface area contributed by atoms with Gasteiger partial charge < -0.3 is 9.84 Å². The van der Waals surface area contributed by atoms with Gasteiger partial charge in [0.15, 0.2) is 0 Å². The van der Waals surface area contributed by atoms with Crippen LogP contribution >= 0.6 is 12.6 Å². The number of carboxylic acids is 1. The van der Waals surface area contributed by atoms with Crippen LogP contribution in [0.5, 0.6) is 0 Å². The van der Waals surface area contributed by atoms with Gasteiger partial charge in [-0.25, -0.2) is 4.79 Å². The number of carbonyl (C=O) groups excluding carboxylic acids is 1. The first-order valence-corrected chi connectivity index (χ1v) is 4.49. The lowest BCUT2D eigenvalue weighted by Crippen LogP contribution is -1.99. The van der Waals surface area contributed by atoms with Crippen molar-refractivity contribution in [3.8, 4) is 0 Å². The second-order valence-electron chi connectivity index (χ2n) is 2.56. The third kappa shape index (κ3) is 6.56. The monoisotopic (exact) mass is 228 g/mol. The molecule has 1 aromatic carbocycles. The van der Waals surface area contributed by atoms with Crippen LogP contribution < -0.4 is 0 Å². The van der Waals surface area contributed by atoms with E-state index in [1.54, 1.807) is 24.3 Å². The molecule has 0 unspecified atom stereocenters. The Labute approximate surface area is 93.3 Å². The van der Waals surface area contributed by atoms with E-state index in [1.165, 1.54) is 7.11 Å². The van der Waals surface area contributed by atoms with Gasteiger partial charge in [-0.15, -0.1) is 12.6 Å². The highest BCUT2D eigenvalue weighted by Crippen LogP contribution is 2.08. The molecule has 82 valence electrons. The number of carbonyl (C=O) groups is 2. The SMILES string of the molecule is CC(=O)O.COC(=O)c1ccc(S)cc1. The van der Waals surface area contributed by atoms with Crippen LogP contribution in [0.1, 0.15) is 17.3 Å². The highest BCUT2D eigenvalue weighted by atomic mass is 32.1. The third-order valence-corrected chi connectivity index (χ3v) is 1.59. The van der Waals surface area contributed by atoms with E-state index in [0.717, 1.165) is 11.8 Å². The Balaban J connectivity index is 0.000000423. The molecule has 0 fully saturated rings. The number of benzene rings is 1. The number of methoxy groups -OCH3 is 1. The Morgan fingerprint density at radius 1 is 1.27 bits per heavy atom. The summed E-state index contributed by atoms with van der Waals surface area (Å²) in [4.78, 5) is 20.7. The average Bonchev–Trinajstić information content (AvgIpc) is 2.17. The molecule has 0 aliphatic carbocycles. The van der Waals surface area contributed by atoms with Gasteiger partial charge in [0.25, 0.3) is 5.97 Å². The Morgan fingerprint density at radius 3 is 2.00 bits per heavy atom. The fraction of sp³-hybridized carbons (Fsp3) is 0.200. The molecule has 0 heterocycles. The lowest BCUT2D eigenvalue weighted by Gasteiger charge is -1.97. The molecule has 0 spiro atoms. The summed E-state index contributed by atoms with van der Waals surface area (Å²) in [6, 6.07) is 6.84. The molecule has 1 aromatic rings. The van der Waals surface area contributed by atoms with Crippen LogP contribution in [0.15, 0.2) is 29.2 Å². The van der Waals surface area contributed by atoms with Crippen LogP contribution in [0.2, 0.25) is 0 Å². The Kier molecular flexibility index (Phi) is 6.21. The highest BCUT2D eigenvalue weighted by molar-refractivity contribution is 7.80. The highest BCUT2D eigenvalue weighted by Gasteiger charge is 2.02. The molecule has 0 saturated carbocycles. The summed E-state index contributed by atoms with van der Waals surface area (Å²) in [5.74, 6) is -1.15. The summed E-state index contributed by atoms with van der Waals surface area (Å²) >= 11 is 4.08. The first-order valence-electron chi connectivity index (χ1n) is 4.04. The molecule has 4 nitrogen and oxygen atoms in total. The quantitative estimate of drug-likeness (QED) is 0.568. The normalized spacial score (nSPS) is 8.47. The molecule has 1 rings (SSSR count). The predicted molar refractivity (Wildman–Crippen MR) is 58.3 cm³/mol. The number of hydrogen-bond donors (Lipinski definition) is 2. The zero-order chi connectivity index (χ0) is 11.8. The van der Waals surface area contributed by atoms with Gasteiger partial charge in [-0.3, -0.25) is 4.79 Å². The van der Waals surface area contributed by atoms with Gasteiger partial charge in [0, 0.05) is 11.8 Å². The Bertz CT molecular complexity index is 328. The van der Waals surface area contributed by atoms with E-state index >= 15 is 0 Å². The molecule has 0 amide bonds. The fourth-order valence-electron chi connectivity index (χ4n) is 0.715. The second kappa shape index (κ2) is 6.89. The van der Waals surface area contributed by atoms with Crippen molar-refractivity contribution in [1.29, 1.82) is 0 Å². The maximum Gasteiger partial charge on any atom is 0.337 e. The minimum Gasteiger partial charge on any atom is -0.481 e. The van der Waals surface area contributed by atoms with Gasteiger partial charge in [-0.1, -0.05) is 0 Å². The van der Waals surface area contributed by atoms with Crippen molar-refractivity contribution in [2.24, 2.45) is 0 Å². The second-order valence-corrected chi connectivity index (χ2v) is 3.07. The Morgan fingerprint density at radius 2 is 1.67 bits per heavy atom. The van der Waals surface area contributed by atoms with E-state index < -0.39 is 5.97 Å². The molecule has 0 bridgehead atoms. The number of aliphatic carboxylic acids is 1. The van der Waals surface area contributed by atoms with Gasteiger partial charge in [-0.05, 0) is 24.3 Å². The van der Waals surface area contributed by atoms with E-state index in [4.69, 9.17) is 9.90 Å². The van der Waals surface area contributed by atoms with E-state index in [-0.39, 0.29) is 5.97 Å². The van der Waals surface area contributed by atoms with E-state index in [9.17, 15) is 4.79 Å². The number of ether oxygens (including phenoxy) is 1. The smallest absolute Gasteiger partial charge is 0.337 e. The molecular formula is C10H12O4S. The van der Waals surface area contributed by atoms with Crippen molar-refractivity contribution < 1.29 is 19.4 Å². The summed E-state index contributed by atoms with van der Waals surface area (Å²) in [5.41, 5.74) is 0.547. The molecule has 1 N–H and O–H groups in total. The summed E-state index contributed by atoms with van der Waals surface area (Å²) < 4.78 is 4.51. The molecule has 0 aliphatic heterocycles. The van der Waals surface area contributed by atoms with Crippen LogP contribution in [0, 0.1) is 0 Å². The summed E-state index contributed by atoms with van der Waals surface area (Å²) in [6.45, 7) is 1.08. The molecule has 0 aromatic heterocycles. The van der Waals surface area contributed by atoms with Crippen LogP contribution in [-0.2, 0) is 9.53 Å². The standard InChI is InChI=1S/C8H8O2S.C2H4O2/c1-10-8(9)6-2-4-7(11)5-3-6;1-2(3)4/h2-5,11H,1H3;1H3,(H,3,4). The van der Waals surface area contributed by atoms with Gasteiger partial charge in [-0.2, -0.15) is 0 Å². The first kappa shape index (κ1) is 13.5. The minimum atomic E-state index is -0.833. The van der Waals surface area contributed by atoms with E-state index in [1.807, 2.05) is 0 Å². The fourth-order valence-corrected chi connectivity index (χ4v) is 0.864. The molecule has 0 atom stereocenters. The van der Waals surface area contributed by atoms with Crippen LogP contribution in [0.4, 0.5) is 0 Å². The Hall–Kier alpha value is -1.49. The van der Waals surface area contributed by atoms with Gasteiger partial charge >= 0.3 is 5.97 Å². The number of thiol groups is 1. The minimum absolute atomic E-state index is 0.321. The molecule has 0 aliphatic rings. The maximum absolute atomic E-state index is 10.9. The van der Waals surface area contributed by atoms with E-state index in [0.29, 0.717) is 5.56 Å². The molecule has 0 saturated heterocycles. The molecular weight excluding hydrogens is 216 g/mol. The van der Waals surface area contributed by atoms with Crippen molar-refractivity contribution in [2.75, 3.05) is 7.11 Å². The maximum atomic E-state index is 10.9. The van der Waals surface area contributed by atoms with E-state index in [2.05, 4.69) is 17.4 Å². The lowest BCUT2D eigenvalue weighted by atomic mass is 10.2. The average molecular weight is 228 g/mol. The zero-order valence-corrected chi connectivity index (χ0v) is 9.32. The summed E-state index contributed by atoms with van der Waals surface area (Å²) in [7, 11) is 1.36. The topological polar surface area (TPSA) is 63.6 Å². The lowest BCUT2D eigenvalue weighted by molar-refractivity contribution is -0.134. The van der Waals surface area contributed by atoms with Crippen molar-refractivity contribution in [3.05, 3.63) is 29.8 Å². The largest absolute Gasteiger partial charge is 0.481 e. The van der Waals surface area contributed by atoms with Crippen LogP contribution in [0.25, 0.3) is 0 Å². The number of rotatable bonds is 1. The number of carboxylic acid groups (broad SMARTS) is 1. The zero-order valence-electron chi connectivity index (χ0n) is 8.43. The summed E-state index contributed by atoms with van der Waals surface area (Å²) in [5, 5.41) is 7.42. The molecule has 15 heavy (non-hydrogen) atoms. The molecule has 0 radical (unpaired) electrons. The molecule has 5 heteroatoms. The number of hydrogen-bond acceptors (Lipinski definition) is 4. The van der Waals surface area contributed by atoms with Crippen LogP contribution in [0.3, 0.4) is 0 Å². The van der Waals surface area contributed by atoms with Crippen molar-refractivity contribution in [1.82, 2.24) is 0 Å². The van der Waals surface area contributed by atoms with Gasteiger partial charge in [0.1, 0.15) is 0 Å².